The predicted octanol–water partition coefficient (Wildman–Crippen LogP) is 2.89. The average Bonchev–Trinajstić information content (AvgIpc) is 2.97. The summed E-state index contributed by atoms with van der Waals surface area (Å²) >= 11 is 1.06. The molecule has 1 unspecified atom stereocenters. The first-order valence-corrected chi connectivity index (χ1v) is 9.98. The third-order valence-corrected chi connectivity index (χ3v) is 5.32. The van der Waals surface area contributed by atoms with Crippen molar-refractivity contribution < 1.29 is 23.5 Å². The van der Waals surface area contributed by atoms with E-state index in [0.29, 0.717) is 39.7 Å². The largest absolute Gasteiger partial charge is 0.488 e. The van der Waals surface area contributed by atoms with E-state index in [2.05, 4.69) is 10.3 Å². The van der Waals surface area contributed by atoms with E-state index >= 15 is 0 Å². The van der Waals surface area contributed by atoms with Crippen LogP contribution in [0.25, 0.3) is 0 Å². The lowest BCUT2D eigenvalue weighted by Gasteiger charge is -2.16. The minimum atomic E-state index is -0.512. The Kier molecular flexibility index (Phi) is 7.76. The fourth-order valence-electron chi connectivity index (χ4n) is 2.73. The van der Waals surface area contributed by atoms with Gasteiger partial charge in [-0.2, -0.15) is 0 Å². The van der Waals surface area contributed by atoms with Crippen LogP contribution >= 0.6 is 11.3 Å². The highest BCUT2D eigenvalue weighted by Crippen LogP contribution is 2.34. The van der Waals surface area contributed by atoms with E-state index in [4.69, 9.17) is 20.9 Å². The van der Waals surface area contributed by atoms with Crippen molar-refractivity contribution in [3.8, 4) is 5.75 Å². The van der Waals surface area contributed by atoms with E-state index in [-0.39, 0.29) is 23.6 Å². The van der Waals surface area contributed by atoms with Gasteiger partial charge in [0.1, 0.15) is 28.0 Å². The van der Waals surface area contributed by atoms with Crippen molar-refractivity contribution in [2.24, 2.45) is 10.7 Å². The van der Waals surface area contributed by atoms with Crippen molar-refractivity contribution in [3.63, 3.8) is 0 Å². The number of benzene rings is 1. The average molecular weight is 437 g/mol. The van der Waals surface area contributed by atoms with Crippen molar-refractivity contribution in [2.45, 2.75) is 33.3 Å². The number of methoxy groups -OCH3 is 1. The van der Waals surface area contributed by atoms with E-state index in [1.54, 1.807) is 13.8 Å². The fourth-order valence-corrected chi connectivity index (χ4v) is 3.73. The Bertz CT molecular complexity index is 974. The number of nitrogens with one attached hydrogen (secondary N) is 1. The summed E-state index contributed by atoms with van der Waals surface area (Å²) in [6.45, 7) is 5.35. The van der Waals surface area contributed by atoms with Crippen LogP contribution in [0.4, 0.5) is 15.1 Å². The third-order valence-electron chi connectivity index (χ3n) is 4.22. The molecular weight excluding hydrogens is 411 g/mol. The van der Waals surface area contributed by atoms with Crippen molar-refractivity contribution in [3.05, 3.63) is 40.0 Å². The number of amidine groups is 1. The molecule has 5 N–H and O–H groups in total. The molecule has 0 saturated carbocycles. The standard InChI is InChI=1S/C20H25FN4O4S/c1-10(7-8-24-12(3)26)29-15-9-13(21)5-6-14(15)25-18(22)16-11(2)17(20(27)28-4)30-19(16)23/h5-6,9-10H,7-8,23H2,1-4H3,(H2,22,25)(H,24,26). The van der Waals surface area contributed by atoms with Gasteiger partial charge in [-0.25, -0.2) is 14.2 Å². The SMILES string of the molecule is COC(=O)c1sc(N)c(C(N)=Nc2ccc(F)cc2OC(C)CCNC(C)=O)c1C. The van der Waals surface area contributed by atoms with Crippen LogP contribution < -0.4 is 21.5 Å². The Morgan fingerprint density at radius 2 is 2.07 bits per heavy atom. The van der Waals surface area contributed by atoms with Crippen LogP contribution in [0.3, 0.4) is 0 Å². The van der Waals surface area contributed by atoms with E-state index < -0.39 is 11.8 Å². The Labute approximate surface area is 178 Å². The van der Waals surface area contributed by atoms with Gasteiger partial charge in [-0.05, 0) is 31.5 Å². The van der Waals surface area contributed by atoms with Gasteiger partial charge in [-0.15, -0.1) is 11.3 Å². The maximum absolute atomic E-state index is 13.8. The molecule has 0 bridgehead atoms. The highest BCUT2D eigenvalue weighted by Gasteiger charge is 2.22. The van der Waals surface area contributed by atoms with Crippen LogP contribution in [-0.2, 0) is 9.53 Å². The van der Waals surface area contributed by atoms with Crippen molar-refractivity contribution in [1.82, 2.24) is 5.32 Å². The molecule has 1 aromatic carbocycles. The first kappa shape index (κ1) is 23.1. The van der Waals surface area contributed by atoms with E-state index in [1.165, 1.54) is 32.2 Å². The summed E-state index contributed by atoms with van der Waals surface area (Å²) in [5.41, 5.74) is 13.5. The van der Waals surface area contributed by atoms with Crippen LogP contribution in [0.2, 0.25) is 0 Å². The number of halogens is 1. The molecule has 0 fully saturated rings. The number of hydrogen-bond donors (Lipinski definition) is 3. The van der Waals surface area contributed by atoms with Crippen molar-refractivity contribution >= 4 is 39.7 Å². The molecule has 8 nitrogen and oxygen atoms in total. The highest BCUT2D eigenvalue weighted by molar-refractivity contribution is 7.18. The summed E-state index contributed by atoms with van der Waals surface area (Å²) in [4.78, 5) is 27.6. The number of nitrogen functional groups attached to an aromatic ring is 1. The number of aliphatic imine (C=N–C) groups is 1. The van der Waals surface area contributed by atoms with Gasteiger partial charge in [-0.1, -0.05) is 0 Å². The Balaban J connectivity index is 2.32. The third kappa shape index (κ3) is 5.69. The van der Waals surface area contributed by atoms with Gasteiger partial charge in [0.15, 0.2) is 0 Å². The maximum Gasteiger partial charge on any atom is 0.348 e. The highest BCUT2D eigenvalue weighted by atomic mass is 32.1. The minimum Gasteiger partial charge on any atom is -0.488 e. The smallest absolute Gasteiger partial charge is 0.348 e. The molecule has 0 spiro atoms. The molecule has 1 atom stereocenters. The maximum atomic E-state index is 13.8. The van der Waals surface area contributed by atoms with E-state index in [1.807, 2.05) is 0 Å². The lowest BCUT2D eigenvalue weighted by molar-refractivity contribution is -0.119. The molecule has 0 aliphatic heterocycles. The molecule has 1 amide bonds. The normalized spacial score (nSPS) is 12.4. The van der Waals surface area contributed by atoms with Gasteiger partial charge < -0.3 is 26.3 Å². The second kappa shape index (κ2) is 10.1. The van der Waals surface area contributed by atoms with Gasteiger partial charge in [0.05, 0.1) is 23.8 Å². The van der Waals surface area contributed by atoms with Crippen LogP contribution in [0.5, 0.6) is 5.75 Å². The molecule has 1 heterocycles. The quantitative estimate of drug-likeness (QED) is 0.331. The Morgan fingerprint density at radius 1 is 1.37 bits per heavy atom. The molecule has 0 saturated heterocycles. The molecule has 0 aliphatic carbocycles. The molecule has 30 heavy (non-hydrogen) atoms. The molecule has 0 radical (unpaired) electrons. The molecule has 0 aliphatic rings. The summed E-state index contributed by atoms with van der Waals surface area (Å²) in [6, 6.07) is 3.90. The van der Waals surface area contributed by atoms with E-state index in [9.17, 15) is 14.0 Å². The Morgan fingerprint density at radius 3 is 2.70 bits per heavy atom. The summed E-state index contributed by atoms with van der Waals surface area (Å²) in [7, 11) is 1.28. The Hall–Kier alpha value is -3.14. The monoisotopic (exact) mass is 436 g/mol. The number of thiophene rings is 1. The number of esters is 1. The lowest BCUT2D eigenvalue weighted by atomic mass is 10.1. The summed E-state index contributed by atoms with van der Waals surface area (Å²) < 4.78 is 24.4. The first-order chi connectivity index (χ1) is 14.1. The summed E-state index contributed by atoms with van der Waals surface area (Å²) in [6.07, 6.45) is 0.209. The van der Waals surface area contributed by atoms with Crippen LogP contribution in [0.15, 0.2) is 23.2 Å². The number of ether oxygens (including phenoxy) is 2. The van der Waals surface area contributed by atoms with Gasteiger partial charge in [0.2, 0.25) is 5.91 Å². The predicted molar refractivity (Wildman–Crippen MR) is 115 cm³/mol. The van der Waals surface area contributed by atoms with Crippen molar-refractivity contribution in [1.29, 1.82) is 0 Å². The summed E-state index contributed by atoms with van der Waals surface area (Å²) in [5.74, 6) is -0.870. The zero-order valence-corrected chi connectivity index (χ0v) is 18.1. The zero-order chi connectivity index (χ0) is 22.4. The number of anilines is 1. The number of hydrogen-bond acceptors (Lipinski definition) is 7. The van der Waals surface area contributed by atoms with Crippen LogP contribution in [-0.4, -0.2) is 37.5 Å². The minimum absolute atomic E-state index is 0.0683. The van der Waals surface area contributed by atoms with Crippen molar-refractivity contribution in [2.75, 3.05) is 19.4 Å². The number of nitrogens with two attached hydrogens (primary N) is 2. The van der Waals surface area contributed by atoms with Gasteiger partial charge in [-0.3, -0.25) is 4.79 Å². The van der Waals surface area contributed by atoms with Gasteiger partial charge >= 0.3 is 5.97 Å². The number of rotatable bonds is 8. The number of nitrogens with zero attached hydrogens (tertiary/aromatic N) is 1. The lowest BCUT2D eigenvalue weighted by Crippen LogP contribution is -2.25. The number of amides is 1. The molecular formula is C20H25FN4O4S. The van der Waals surface area contributed by atoms with Crippen LogP contribution in [0, 0.1) is 12.7 Å². The van der Waals surface area contributed by atoms with Crippen LogP contribution in [0.1, 0.15) is 41.1 Å². The second-order valence-electron chi connectivity index (χ2n) is 6.60. The number of carbonyl (C=O) groups is 2. The molecule has 10 heteroatoms. The molecule has 1 aromatic heterocycles. The molecule has 162 valence electrons. The summed E-state index contributed by atoms with van der Waals surface area (Å²) in [5, 5.41) is 3.00. The fraction of sp³-hybridized carbons (Fsp3) is 0.350. The number of carbonyl (C=O) groups excluding carboxylic acids is 2. The molecule has 2 rings (SSSR count). The topological polar surface area (TPSA) is 129 Å². The van der Waals surface area contributed by atoms with E-state index in [0.717, 1.165) is 11.3 Å². The van der Waals surface area contributed by atoms with Gasteiger partial charge in [0.25, 0.3) is 0 Å². The molecule has 2 aromatic rings. The first-order valence-electron chi connectivity index (χ1n) is 9.16. The second-order valence-corrected chi connectivity index (χ2v) is 7.65. The zero-order valence-electron chi connectivity index (χ0n) is 17.2. The van der Waals surface area contributed by atoms with Gasteiger partial charge in [0, 0.05) is 26.0 Å².